The van der Waals surface area contributed by atoms with Crippen LogP contribution in [0.2, 0.25) is 0 Å². The molecule has 1 aromatic heterocycles. The predicted molar refractivity (Wildman–Crippen MR) is 126 cm³/mol. The summed E-state index contributed by atoms with van der Waals surface area (Å²) in [6.07, 6.45) is 0. The van der Waals surface area contributed by atoms with Crippen molar-refractivity contribution < 1.29 is 14.7 Å². The van der Waals surface area contributed by atoms with Gasteiger partial charge in [0.15, 0.2) is 0 Å². The lowest BCUT2D eigenvalue weighted by Gasteiger charge is -2.12. The van der Waals surface area contributed by atoms with Crippen molar-refractivity contribution >= 4 is 44.4 Å². The van der Waals surface area contributed by atoms with E-state index in [4.69, 9.17) is 4.98 Å². The molecule has 3 aromatic carbocycles. The molecule has 0 saturated heterocycles. The number of fused-ring (bicyclic) bond motifs is 1. The van der Waals surface area contributed by atoms with E-state index in [0.717, 1.165) is 15.6 Å². The van der Waals surface area contributed by atoms with Gasteiger partial charge in [-0.1, -0.05) is 34.1 Å². The van der Waals surface area contributed by atoms with Crippen LogP contribution in [0.5, 0.6) is 0 Å². The van der Waals surface area contributed by atoms with Gasteiger partial charge in [-0.15, -0.1) is 0 Å². The highest BCUT2D eigenvalue weighted by molar-refractivity contribution is 9.10. The minimum Gasteiger partial charge on any atom is -0.478 e. The fourth-order valence-electron chi connectivity index (χ4n) is 3.36. The molecule has 0 fully saturated rings. The van der Waals surface area contributed by atoms with E-state index in [2.05, 4.69) is 34.2 Å². The minimum absolute atomic E-state index is 0.107. The van der Waals surface area contributed by atoms with E-state index >= 15 is 0 Å². The molecule has 2 N–H and O–H groups in total. The maximum absolute atomic E-state index is 13.2. The lowest BCUT2D eigenvalue weighted by Crippen LogP contribution is -2.13. The molecular weight excluding hydrogens is 456 g/mol. The first kappa shape index (κ1) is 20.8. The average molecular weight is 475 g/mol. The smallest absolute Gasteiger partial charge is 0.335 e. The molecular formula is C25H19BrN2O3. The van der Waals surface area contributed by atoms with Gasteiger partial charge in [-0.25, -0.2) is 9.78 Å². The van der Waals surface area contributed by atoms with Crippen LogP contribution in [0.15, 0.2) is 71.2 Å². The first-order chi connectivity index (χ1) is 14.8. The van der Waals surface area contributed by atoms with Gasteiger partial charge in [0.25, 0.3) is 5.91 Å². The molecule has 0 bridgehead atoms. The van der Waals surface area contributed by atoms with E-state index < -0.39 is 5.97 Å². The molecule has 0 radical (unpaired) electrons. The molecule has 0 aliphatic rings. The number of carboxylic acids is 1. The first-order valence-electron chi connectivity index (χ1n) is 9.64. The first-order valence-corrected chi connectivity index (χ1v) is 10.4. The number of halogens is 1. The van der Waals surface area contributed by atoms with Crippen LogP contribution >= 0.6 is 15.9 Å². The van der Waals surface area contributed by atoms with Gasteiger partial charge in [-0.2, -0.15) is 0 Å². The van der Waals surface area contributed by atoms with E-state index in [-0.39, 0.29) is 11.5 Å². The summed E-state index contributed by atoms with van der Waals surface area (Å²) in [5, 5.41) is 12.7. The maximum Gasteiger partial charge on any atom is 0.335 e. The normalized spacial score (nSPS) is 10.8. The standard InChI is InChI=1S/C25H19BrN2O3/c1-14-6-7-16(10-15(14)2)23-13-21(20-12-18(26)8-9-22(20)28-23)24(29)27-19-5-3-4-17(11-19)25(30)31/h3-13H,1-2H3,(H,27,29)(H,30,31). The van der Waals surface area contributed by atoms with Crippen molar-refractivity contribution in [3.05, 3.63) is 93.5 Å². The van der Waals surface area contributed by atoms with Crippen molar-refractivity contribution in [2.45, 2.75) is 13.8 Å². The number of amides is 1. The Balaban J connectivity index is 1.82. The Hall–Kier alpha value is -3.51. The van der Waals surface area contributed by atoms with Gasteiger partial charge in [0.05, 0.1) is 22.3 Å². The Morgan fingerprint density at radius 3 is 2.48 bits per heavy atom. The summed E-state index contributed by atoms with van der Waals surface area (Å²) in [6, 6.07) is 19.6. The topological polar surface area (TPSA) is 79.3 Å². The molecule has 31 heavy (non-hydrogen) atoms. The van der Waals surface area contributed by atoms with E-state index in [1.807, 2.05) is 37.3 Å². The zero-order chi connectivity index (χ0) is 22.1. The van der Waals surface area contributed by atoms with Gasteiger partial charge in [-0.3, -0.25) is 4.79 Å². The van der Waals surface area contributed by atoms with Crippen LogP contribution in [-0.2, 0) is 0 Å². The largest absolute Gasteiger partial charge is 0.478 e. The molecule has 0 aliphatic carbocycles. The fraction of sp³-hybridized carbons (Fsp3) is 0.0800. The van der Waals surface area contributed by atoms with Crippen molar-refractivity contribution in [1.29, 1.82) is 0 Å². The number of nitrogens with one attached hydrogen (secondary N) is 1. The van der Waals surface area contributed by atoms with E-state index in [0.29, 0.717) is 27.8 Å². The minimum atomic E-state index is -1.05. The predicted octanol–water partition coefficient (Wildman–Crippen LogP) is 6.23. The number of nitrogens with zero attached hydrogens (tertiary/aromatic N) is 1. The van der Waals surface area contributed by atoms with Crippen molar-refractivity contribution in [1.82, 2.24) is 4.98 Å². The van der Waals surface area contributed by atoms with Crippen molar-refractivity contribution in [3.63, 3.8) is 0 Å². The number of anilines is 1. The van der Waals surface area contributed by atoms with Gasteiger partial charge in [-0.05, 0) is 73.5 Å². The number of hydrogen-bond donors (Lipinski definition) is 2. The monoisotopic (exact) mass is 474 g/mol. The molecule has 0 aliphatic heterocycles. The van der Waals surface area contributed by atoms with Crippen LogP contribution in [0.3, 0.4) is 0 Å². The molecule has 154 valence electrons. The van der Waals surface area contributed by atoms with Crippen molar-refractivity contribution in [2.24, 2.45) is 0 Å². The Kier molecular flexibility index (Phi) is 5.57. The molecule has 0 saturated carbocycles. The van der Waals surface area contributed by atoms with Gasteiger partial charge >= 0.3 is 5.97 Å². The molecule has 5 nitrogen and oxygen atoms in total. The summed E-state index contributed by atoms with van der Waals surface area (Å²) in [5.41, 5.74) is 5.63. The van der Waals surface area contributed by atoms with Crippen LogP contribution in [0, 0.1) is 13.8 Å². The zero-order valence-electron chi connectivity index (χ0n) is 16.9. The van der Waals surface area contributed by atoms with Crippen molar-refractivity contribution in [3.8, 4) is 11.3 Å². The summed E-state index contributed by atoms with van der Waals surface area (Å²) < 4.78 is 0.836. The fourth-order valence-corrected chi connectivity index (χ4v) is 3.72. The van der Waals surface area contributed by atoms with Crippen LogP contribution in [0.25, 0.3) is 22.2 Å². The second kappa shape index (κ2) is 8.32. The van der Waals surface area contributed by atoms with Crippen LogP contribution < -0.4 is 5.32 Å². The molecule has 4 rings (SSSR count). The quantitative estimate of drug-likeness (QED) is 0.367. The van der Waals surface area contributed by atoms with Crippen LogP contribution in [0.1, 0.15) is 31.8 Å². The summed E-state index contributed by atoms with van der Waals surface area (Å²) in [4.78, 5) is 29.2. The SMILES string of the molecule is Cc1ccc(-c2cc(C(=O)Nc3cccc(C(=O)O)c3)c3cc(Br)ccc3n2)cc1C. The van der Waals surface area contributed by atoms with Gasteiger partial charge in [0.2, 0.25) is 0 Å². The lowest BCUT2D eigenvalue weighted by molar-refractivity contribution is 0.0696. The number of hydrogen-bond acceptors (Lipinski definition) is 3. The number of pyridine rings is 1. The maximum atomic E-state index is 13.2. The zero-order valence-corrected chi connectivity index (χ0v) is 18.5. The highest BCUT2D eigenvalue weighted by Crippen LogP contribution is 2.29. The van der Waals surface area contributed by atoms with Crippen LogP contribution in [0.4, 0.5) is 5.69 Å². The van der Waals surface area contributed by atoms with Crippen molar-refractivity contribution in [2.75, 3.05) is 5.32 Å². The molecule has 4 aromatic rings. The van der Waals surface area contributed by atoms with Gasteiger partial charge in [0, 0.05) is 21.1 Å². The van der Waals surface area contributed by atoms with Gasteiger partial charge in [0.1, 0.15) is 0 Å². The van der Waals surface area contributed by atoms with E-state index in [1.54, 1.807) is 18.2 Å². The number of benzene rings is 3. The summed E-state index contributed by atoms with van der Waals surface area (Å²) in [5.74, 6) is -1.38. The van der Waals surface area contributed by atoms with Crippen LogP contribution in [-0.4, -0.2) is 22.0 Å². The lowest BCUT2D eigenvalue weighted by atomic mass is 10.0. The third-order valence-electron chi connectivity index (χ3n) is 5.19. The number of aromatic nitrogens is 1. The third kappa shape index (κ3) is 4.34. The van der Waals surface area contributed by atoms with E-state index in [1.165, 1.54) is 17.7 Å². The second-order valence-corrected chi connectivity index (χ2v) is 8.27. The number of carbonyl (C=O) groups excluding carboxylic acids is 1. The Bertz CT molecular complexity index is 1350. The molecule has 1 heterocycles. The molecule has 0 atom stereocenters. The summed E-state index contributed by atoms with van der Waals surface area (Å²) >= 11 is 3.46. The molecule has 1 amide bonds. The Labute approximate surface area is 187 Å². The number of carboxylic acid groups (broad SMARTS) is 1. The number of rotatable bonds is 4. The second-order valence-electron chi connectivity index (χ2n) is 7.36. The number of aryl methyl sites for hydroxylation is 2. The summed E-state index contributed by atoms with van der Waals surface area (Å²) in [6.45, 7) is 4.09. The van der Waals surface area contributed by atoms with E-state index in [9.17, 15) is 14.7 Å². The molecule has 0 unspecified atom stereocenters. The molecule has 0 spiro atoms. The third-order valence-corrected chi connectivity index (χ3v) is 5.68. The summed E-state index contributed by atoms with van der Waals surface area (Å²) in [7, 11) is 0. The average Bonchev–Trinajstić information content (AvgIpc) is 2.75. The molecule has 6 heteroatoms. The Morgan fingerprint density at radius 2 is 1.74 bits per heavy atom. The van der Waals surface area contributed by atoms with Gasteiger partial charge < -0.3 is 10.4 Å². The number of carbonyl (C=O) groups is 2. The Morgan fingerprint density at radius 1 is 0.935 bits per heavy atom. The number of aromatic carboxylic acids is 1. The highest BCUT2D eigenvalue weighted by Gasteiger charge is 2.16. The highest BCUT2D eigenvalue weighted by atomic mass is 79.9.